The molecule has 0 aliphatic rings. The third-order valence-corrected chi connectivity index (χ3v) is 4.13. The number of methoxy groups -OCH3 is 1. The second-order valence-electron chi connectivity index (χ2n) is 4.09. The third-order valence-electron chi connectivity index (χ3n) is 2.59. The third kappa shape index (κ3) is 4.12. The Morgan fingerprint density at radius 1 is 1.39 bits per heavy atom. The summed E-state index contributed by atoms with van der Waals surface area (Å²) >= 11 is 0. The first-order chi connectivity index (χ1) is 8.35. The van der Waals surface area contributed by atoms with Gasteiger partial charge in [0.25, 0.3) is 0 Å². The normalized spacial score (nSPS) is 13.1. The summed E-state index contributed by atoms with van der Waals surface area (Å²) in [6, 6.07) is 6.67. The molecule has 0 aliphatic carbocycles. The van der Waals surface area contributed by atoms with E-state index < -0.39 is 27.6 Å². The van der Waals surface area contributed by atoms with Crippen molar-refractivity contribution in [2.24, 2.45) is 5.73 Å². The summed E-state index contributed by atoms with van der Waals surface area (Å²) in [6.45, 7) is 1.86. The minimum Gasteiger partial charge on any atom is -0.468 e. The summed E-state index contributed by atoms with van der Waals surface area (Å²) in [5, 5.41) is 0. The van der Waals surface area contributed by atoms with Gasteiger partial charge >= 0.3 is 5.97 Å². The number of carbonyl (C=O) groups excluding carboxylic acids is 1. The molecule has 0 aromatic heterocycles. The van der Waals surface area contributed by atoms with E-state index >= 15 is 0 Å². The molecule has 5 nitrogen and oxygen atoms in total. The number of benzene rings is 1. The number of hydrogen-bond donors (Lipinski definition) is 1. The largest absolute Gasteiger partial charge is 0.468 e. The molecule has 2 N–H and O–H groups in total. The molecule has 1 rings (SSSR count). The molecular formula is C12H17NO4S. The van der Waals surface area contributed by atoms with Crippen LogP contribution in [0.25, 0.3) is 0 Å². The number of carbonyl (C=O) groups is 1. The van der Waals surface area contributed by atoms with Gasteiger partial charge in [-0.25, -0.2) is 8.42 Å². The molecule has 0 amide bonds. The molecule has 6 heteroatoms. The molecule has 1 aromatic rings. The molecule has 18 heavy (non-hydrogen) atoms. The Labute approximate surface area is 107 Å². The van der Waals surface area contributed by atoms with Gasteiger partial charge in [-0.15, -0.1) is 0 Å². The van der Waals surface area contributed by atoms with Crippen LogP contribution in [0.15, 0.2) is 24.3 Å². The standard InChI is InChI=1S/C12H17NO4S/c1-9-5-3-4-6-10(9)11(13)7-18(15,16)8-12(14)17-2/h3-6,11H,7-8,13H2,1-2H3. The molecule has 0 radical (unpaired) electrons. The maximum absolute atomic E-state index is 11.7. The average Bonchev–Trinajstić information content (AvgIpc) is 2.27. The van der Waals surface area contributed by atoms with Crippen molar-refractivity contribution in [3.05, 3.63) is 35.4 Å². The number of aryl methyl sites for hydroxylation is 1. The lowest BCUT2D eigenvalue weighted by Crippen LogP contribution is -2.27. The highest BCUT2D eigenvalue weighted by Crippen LogP contribution is 2.17. The van der Waals surface area contributed by atoms with Gasteiger partial charge in [-0.1, -0.05) is 24.3 Å². The van der Waals surface area contributed by atoms with Crippen LogP contribution in [0, 0.1) is 6.92 Å². The fourth-order valence-electron chi connectivity index (χ4n) is 1.66. The maximum Gasteiger partial charge on any atom is 0.320 e. The van der Waals surface area contributed by atoms with Gasteiger partial charge in [0.2, 0.25) is 0 Å². The van der Waals surface area contributed by atoms with E-state index in [4.69, 9.17) is 5.73 Å². The minimum atomic E-state index is -3.56. The molecule has 0 saturated heterocycles. The van der Waals surface area contributed by atoms with Gasteiger partial charge in [0.05, 0.1) is 12.9 Å². The predicted octanol–water partition coefficient (Wildman–Crippen LogP) is 0.583. The lowest BCUT2D eigenvalue weighted by Gasteiger charge is -2.14. The summed E-state index contributed by atoms with van der Waals surface area (Å²) in [7, 11) is -2.40. The van der Waals surface area contributed by atoms with Crippen LogP contribution in [0.5, 0.6) is 0 Å². The highest BCUT2D eigenvalue weighted by Gasteiger charge is 2.22. The molecule has 0 spiro atoms. The van der Waals surface area contributed by atoms with Gasteiger partial charge in [-0.3, -0.25) is 4.79 Å². The molecular weight excluding hydrogens is 254 g/mol. The van der Waals surface area contributed by atoms with Crippen molar-refractivity contribution < 1.29 is 17.9 Å². The first-order valence-corrected chi connectivity index (χ1v) is 7.26. The molecule has 1 aromatic carbocycles. The molecule has 1 unspecified atom stereocenters. The zero-order valence-corrected chi connectivity index (χ0v) is 11.2. The first-order valence-electron chi connectivity index (χ1n) is 5.44. The smallest absolute Gasteiger partial charge is 0.320 e. The summed E-state index contributed by atoms with van der Waals surface area (Å²) in [6.07, 6.45) is 0. The van der Waals surface area contributed by atoms with E-state index in [2.05, 4.69) is 4.74 Å². The van der Waals surface area contributed by atoms with Crippen molar-refractivity contribution in [3.8, 4) is 0 Å². The molecule has 0 heterocycles. The predicted molar refractivity (Wildman–Crippen MR) is 68.8 cm³/mol. The Kier molecular flexibility index (Phi) is 4.86. The molecule has 0 bridgehead atoms. The van der Waals surface area contributed by atoms with E-state index in [-0.39, 0.29) is 5.75 Å². The van der Waals surface area contributed by atoms with E-state index in [1.54, 1.807) is 12.1 Å². The van der Waals surface area contributed by atoms with Gasteiger partial charge in [0, 0.05) is 6.04 Å². The van der Waals surface area contributed by atoms with Crippen LogP contribution >= 0.6 is 0 Å². The fourth-order valence-corrected chi connectivity index (χ4v) is 2.99. The second-order valence-corrected chi connectivity index (χ2v) is 6.20. The Bertz CT molecular complexity index is 525. The van der Waals surface area contributed by atoms with Crippen LogP contribution in [0.2, 0.25) is 0 Å². The number of sulfone groups is 1. The average molecular weight is 271 g/mol. The highest BCUT2D eigenvalue weighted by molar-refractivity contribution is 7.92. The lowest BCUT2D eigenvalue weighted by atomic mass is 10.0. The van der Waals surface area contributed by atoms with Gasteiger partial charge in [-0.2, -0.15) is 0 Å². The highest BCUT2D eigenvalue weighted by atomic mass is 32.2. The van der Waals surface area contributed by atoms with Crippen LogP contribution in [0.1, 0.15) is 17.2 Å². The van der Waals surface area contributed by atoms with Gasteiger partial charge < -0.3 is 10.5 Å². The minimum absolute atomic E-state index is 0.271. The first kappa shape index (κ1) is 14.7. The van der Waals surface area contributed by atoms with Crippen molar-refractivity contribution in [2.45, 2.75) is 13.0 Å². The molecule has 1 atom stereocenters. The topological polar surface area (TPSA) is 86.5 Å². The zero-order valence-electron chi connectivity index (χ0n) is 10.4. The van der Waals surface area contributed by atoms with E-state index in [9.17, 15) is 13.2 Å². The Morgan fingerprint density at radius 2 is 2.00 bits per heavy atom. The van der Waals surface area contributed by atoms with E-state index in [0.717, 1.165) is 18.2 Å². The Hall–Kier alpha value is -1.40. The van der Waals surface area contributed by atoms with Crippen LogP contribution in [0.3, 0.4) is 0 Å². The second kappa shape index (κ2) is 5.97. The van der Waals surface area contributed by atoms with Crippen molar-refractivity contribution in [3.63, 3.8) is 0 Å². The number of ether oxygens (including phenoxy) is 1. The van der Waals surface area contributed by atoms with E-state index in [1.807, 2.05) is 19.1 Å². The molecule has 0 fully saturated rings. The fraction of sp³-hybridized carbons (Fsp3) is 0.417. The number of hydrogen-bond acceptors (Lipinski definition) is 5. The Balaban J connectivity index is 2.79. The van der Waals surface area contributed by atoms with Crippen molar-refractivity contribution in [1.82, 2.24) is 0 Å². The van der Waals surface area contributed by atoms with Gasteiger partial charge in [0.1, 0.15) is 5.75 Å². The van der Waals surface area contributed by atoms with Crippen molar-refractivity contribution >= 4 is 15.8 Å². The maximum atomic E-state index is 11.7. The van der Waals surface area contributed by atoms with Crippen molar-refractivity contribution in [1.29, 1.82) is 0 Å². The zero-order chi connectivity index (χ0) is 13.8. The summed E-state index contributed by atoms with van der Waals surface area (Å²) in [5.41, 5.74) is 7.57. The summed E-state index contributed by atoms with van der Waals surface area (Å²) < 4.78 is 27.8. The summed E-state index contributed by atoms with van der Waals surface area (Å²) in [5.74, 6) is -1.68. The lowest BCUT2D eigenvalue weighted by molar-refractivity contribution is -0.137. The number of nitrogens with two attached hydrogens (primary N) is 1. The van der Waals surface area contributed by atoms with E-state index in [1.165, 1.54) is 0 Å². The molecule has 0 aliphatic heterocycles. The van der Waals surface area contributed by atoms with Crippen molar-refractivity contribution in [2.75, 3.05) is 18.6 Å². The van der Waals surface area contributed by atoms with Crippen LogP contribution in [-0.4, -0.2) is 33.0 Å². The van der Waals surface area contributed by atoms with Gasteiger partial charge in [-0.05, 0) is 18.1 Å². The van der Waals surface area contributed by atoms with Crippen LogP contribution < -0.4 is 5.73 Å². The van der Waals surface area contributed by atoms with Gasteiger partial charge in [0.15, 0.2) is 9.84 Å². The molecule has 0 saturated carbocycles. The van der Waals surface area contributed by atoms with Crippen LogP contribution in [0.4, 0.5) is 0 Å². The monoisotopic (exact) mass is 271 g/mol. The number of esters is 1. The Morgan fingerprint density at radius 3 is 2.56 bits per heavy atom. The quantitative estimate of drug-likeness (QED) is 0.792. The van der Waals surface area contributed by atoms with E-state index in [0.29, 0.717) is 0 Å². The molecule has 100 valence electrons. The number of rotatable bonds is 5. The van der Waals surface area contributed by atoms with Crippen LogP contribution in [-0.2, 0) is 19.4 Å². The SMILES string of the molecule is COC(=O)CS(=O)(=O)CC(N)c1ccccc1C. The summed E-state index contributed by atoms with van der Waals surface area (Å²) in [4.78, 5) is 11.0.